The lowest BCUT2D eigenvalue weighted by atomic mass is 9.81. The molecule has 0 fully saturated rings. The first-order chi connectivity index (χ1) is 22.5. The molecule has 1 aromatic heterocycles. The standard InChI is InChI=1S/C36H43N3O6S2/c1-24(2)22-39(47(43,44)29-17-15-28(37)16-18-29)30(23-40)33-20-19-32(46-33)25(3)21-31(41)35(38-36(42)45-4)34(26-11-7-5-8-12-26)27-13-9-6-10-14-27/h5-20,24-25,30,34-35,40H,21-23,37H2,1-4H3,(H,38,42)/t25-,30-,35-/m1/s1. The summed E-state index contributed by atoms with van der Waals surface area (Å²) in [5.41, 5.74) is 7.99. The summed E-state index contributed by atoms with van der Waals surface area (Å²) in [4.78, 5) is 28.3. The summed E-state index contributed by atoms with van der Waals surface area (Å²) < 4.78 is 33.9. The van der Waals surface area contributed by atoms with Crippen molar-refractivity contribution in [1.29, 1.82) is 0 Å². The van der Waals surface area contributed by atoms with Crippen LogP contribution >= 0.6 is 11.3 Å². The number of alkyl carbamates (subject to hydrolysis) is 1. The molecule has 0 saturated heterocycles. The number of benzene rings is 3. The molecular formula is C36H43N3O6S2. The van der Waals surface area contributed by atoms with E-state index >= 15 is 0 Å². The molecule has 1 heterocycles. The number of aliphatic hydroxyl groups excluding tert-OH is 1. The number of ether oxygens (including phenoxy) is 1. The molecule has 47 heavy (non-hydrogen) atoms. The molecule has 0 saturated carbocycles. The quantitative estimate of drug-likeness (QED) is 0.125. The van der Waals surface area contributed by atoms with Gasteiger partial charge in [0.05, 0.1) is 24.7 Å². The van der Waals surface area contributed by atoms with Crippen molar-refractivity contribution in [2.24, 2.45) is 5.92 Å². The molecule has 11 heteroatoms. The van der Waals surface area contributed by atoms with Gasteiger partial charge in [0.25, 0.3) is 0 Å². The molecule has 4 aromatic rings. The SMILES string of the molecule is COC(=O)N[C@H](C(=O)C[C@@H](C)c1ccc([C@@H](CO)N(CC(C)C)S(=O)(=O)c2ccc(N)cc2)s1)C(c1ccccc1)c1ccccc1. The number of Topliss-reactive ketones (excluding diaryl/α,β-unsaturated/α-hetero) is 1. The summed E-state index contributed by atoms with van der Waals surface area (Å²) in [5, 5.41) is 13.3. The molecule has 0 bridgehead atoms. The van der Waals surface area contributed by atoms with Crippen molar-refractivity contribution in [1.82, 2.24) is 9.62 Å². The minimum Gasteiger partial charge on any atom is -0.453 e. The second-order valence-electron chi connectivity index (χ2n) is 12.0. The number of carbonyl (C=O) groups excluding carboxylic acids is 2. The van der Waals surface area contributed by atoms with Crippen molar-refractivity contribution in [3.8, 4) is 0 Å². The fourth-order valence-corrected chi connectivity index (χ4v) is 8.62. The summed E-state index contributed by atoms with van der Waals surface area (Å²) in [6.45, 7) is 5.54. The van der Waals surface area contributed by atoms with Crippen LogP contribution < -0.4 is 11.1 Å². The van der Waals surface area contributed by atoms with E-state index in [4.69, 9.17) is 10.5 Å². The fraction of sp³-hybridized carbons (Fsp3) is 0.333. The fourth-order valence-electron chi connectivity index (χ4n) is 5.63. The normalized spacial score (nSPS) is 13.8. The second kappa shape index (κ2) is 16.2. The number of aliphatic hydroxyl groups is 1. The number of methoxy groups -OCH3 is 1. The number of hydrogen-bond donors (Lipinski definition) is 3. The van der Waals surface area contributed by atoms with Crippen LogP contribution in [0, 0.1) is 5.92 Å². The second-order valence-corrected chi connectivity index (χ2v) is 15.0. The van der Waals surface area contributed by atoms with Gasteiger partial charge in [0.2, 0.25) is 10.0 Å². The molecular weight excluding hydrogens is 635 g/mol. The van der Waals surface area contributed by atoms with Gasteiger partial charge in [-0.25, -0.2) is 13.2 Å². The first-order valence-electron chi connectivity index (χ1n) is 15.5. The number of ketones is 1. The van der Waals surface area contributed by atoms with E-state index in [-0.39, 0.29) is 35.5 Å². The highest BCUT2D eigenvalue weighted by Gasteiger charge is 2.36. The third-order valence-corrected chi connectivity index (χ3v) is 11.3. The van der Waals surface area contributed by atoms with E-state index < -0.39 is 40.7 Å². The Kier molecular flexibility index (Phi) is 12.3. The molecule has 0 spiro atoms. The van der Waals surface area contributed by atoms with E-state index in [1.54, 1.807) is 12.1 Å². The summed E-state index contributed by atoms with van der Waals surface area (Å²) in [7, 11) is -2.71. The highest BCUT2D eigenvalue weighted by Crippen LogP contribution is 2.37. The van der Waals surface area contributed by atoms with Crippen LogP contribution in [0.3, 0.4) is 0 Å². The number of anilines is 1. The lowest BCUT2D eigenvalue weighted by Crippen LogP contribution is -2.45. The van der Waals surface area contributed by atoms with Crippen molar-refractivity contribution in [3.05, 3.63) is 118 Å². The lowest BCUT2D eigenvalue weighted by Gasteiger charge is -2.30. The van der Waals surface area contributed by atoms with Gasteiger partial charge < -0.3 is 20.9 Å². The number of nitrogen functional groups attached to an aromatic ring is 1. The molecule has 1 amide bonds. The van der Waals surface area contributed by atoms with E-state index in [1.165, 1.54) is 34.9 Å². The number of carbonyl (C=O) groups is 2. The Hall–Kier alpha value is -4.03. The van der Waals surface area contributed by atoms with Crippen molar-refractivity contribution in [2.45, 2.75) is 56.0 Å². The molecule has 0 aliphatic rings. The van der Waals surface area contributed by atoms with E-state index in [1.807, 2.05) is 93.6 Å². The lowest BCUT2D eigenvalue weighted by molar-refractivity contribution is -0.121. The zero-order valence-electron chi connectivity index (χ0n) is 27.1. The average molecular weight is 678 g/mol. The number of hydrogen-bond acceptors (Lipinski definition) is 8. The zero-order chi connectivity index (χ0) is 34.1. The number of rotatable bonds is 15. The summed E-state index contributed by atoms with van der Waals surface area (Å²) >= 11 is 1.37. The third-order valence-electron chi connectivity index (χ3n) is 7.98. The van der Waals surface area contributed by atoms with Crippen LogP contribution in [0.15, 0.2) is 102 Å². The van der Waals surface area contributed by atoms with E-state index in [0.29, 0.717) is 10.6 Å². The van der Waals surface area contributed by atoms with Crippen LogP contribution in [0.1, 0.15) is 66.0 Å². The van der Waals surface area contributed by atoms with Crippen molar-refractivity contribution < 1.29 is 27.9 Å². The van der Waals surface area contributed by atoms with Gasteiger partial charge in [-0.3, -0.25) is 4.79 Å². The molecule has 0 aliphatic carbocycles. The van der Waals surface area contributed by atoms with Gasteiger partial charge in [-0.2, -0.15) is 4.31 Å². The topological polar surface area (TPSA) is 139 Å². The van der Waals surface area contributed by atoms with Crippen molar-refractivity contribution in [2.75, 3.05) is 26.0 Å². The van der Waals surface area contributed by atoms with Crippen LogP contribution in [0.5, 0.6) is 0 Å². The largest absolute Gasteiger partial charge is 0.453 e. The van der Waals surface area contributed by atoms with Gasteiger partial charge in [-0.05, 0) is 59.4 Å². The number of nitrogens with zero attached hydrogens (tertiary/aromatic N) is 1. The molecule has 3 atom stereocenters. The van der Waals surface area contributed by atoms with Crippen LogP contribution in [0.4, 0.5) is 10.5 Å². The first-order valence-corrected chi connectivity index (χ1v) is 17.8. The Bertz CT molecular complexity index is 1670. The monoisotopic (exact) mass is 677 g/mol. The number of sulfonamides is 1. The number of nitrogens with two attached hydrogens (primary N) is 1. The summed E-state index contributed by atoms with van der Waals surface area (Å²) in [6.07, 6.45) is -0.599. The van der Waals surface area contributed by atoms with Crippen LogP contribution in [-0.4, -0.2) is 56.0 Å². The smallest absolute Gasteiger partial charge is 0.407 e. The van der Waals surface area contributed by atoms with Crippen LogP contribution in [0.2, 0.25) is 0 Å². The molecule has 0 radical (unpaired) electrons. The van der Waals surface area contributed by atoms with Gasteiger partial charge in [-0.15, -0.1) is 11.3 Å². The molecule has 250 valence electrons. The maximum absolute atomic E-state index is 14.1. The summed E-state index contributed by atoms with van der Waals surface area (Å²) in [5.74, 6) is -0.911. The maximum Gasteiger partial charge on any atom is 0.407 e. The molecule has 4 N–H and O–H groups in total. The minimum atomic E-state index is -3.97. The maximum atomic E-state index is 14.1. The number of nitrogens with one attached hydrogen (secondary N) is 1. The highest BCUT2D eigenvalue weighted by atomic mass is 32.2. The Morgan fingerprint density at radius 1 is 0.872 bits per heavy atom. The number of amides is 1. The highest BCUT2D eigenvalue weighted by molar-refractivity contribution is 7.89. The van der Waals surface area contributed by atoms with Crippen LogP contribution in [-0.2, 0) is 19.6 Å². The van der Waals surface area contributed by atoms with Crippen molar-refractivity contribution in [3.63, 3.8) is 0 Å². The summed E-state index contributed by atoms with van der Waals surface area (Å²) in [6, 6.07) is 27.1. The predicted molar refractivity (Wildman–Crippen MR) is 186 cm³/mol. The Balaban J connectivity index is 1.63. The Morgan fingerprint density at radius 3 is 1.94 bits per heavy atom. The average Bonchev–Trinajstić information content (AvgIpc) is 3.55. The molecule has 9 nitrogen and oxygen atoms in total. The third kappa shape index (κ3) is 8.86. The molecule has 4 rings (SSSR count). The van der Waals surface area contributed by atoms with Gasteiger partial charge >= 0.3 is 6.09 Å². The zero-order valence-corrected chi connectivity index (χ0v) is 28.7. The molecule has 0 aliphatic heterocycles. The van der Waals surface area contributed by atoms with E-state index in [2.05, 4.69) is 5.32 Å². The minimum absolute atomic E-state index is 0.00926. The van der Waals surface area contributed by atoms with Crippen LogP contribution in [0.25, 0.3) is 0 Å². The first kappa shape index (κ1) is 35.8. The van der Waals surface area contributed by atoms with E-state index in [9.17, 15) is 23.1 Å². The van der Waals surface area contributed by atoms with Crippen molar-refractivity contribution >= 4 is 38.9 Å². The predicted octanol–water partition coefficient (Wildman–Crippen LogP) is 6.33. The van der Waals surface area contributed by atoms with Gasteiger partial charge in [0, 0.05) is 34.3 Å². The molecule has 3 aromatic carbocycles. The van der Waals surface area contributed by atoms with Gasteiger partial charge in [0.15, 0.2) is 5.78 Å². The Morgan fingerprint density at radius 2 is 1.43 bits per heavy atom. The van der Waals surface area contributed by atoms with E-state index in [0.717, 1.165) is 16.0 Å². The molecule has 0 unspecified atom stereocenters. The Labute approximate surface area is 281 Å². The number of thiophene rings is 1. The van der Waals surface area contributed by atoms with Gasteiger partial charge in [0.1, 0.15) is 6.04 Å². The van der Waals surface area contributed by atoms with Gasteiger partial charge in [-0.1, -0.05) is 81.4 Å².